The molecule has 0 saturated heterocycles. The van der Waals surface area contributed by atoms with Crippen molar-refractivity contribution >= 4 is 34.9 Å². The highest BCUT2D eigenvalue weighted by Gasteiger charge is 2.23. The van der Waals surface area contributed by atoms with Gasteiger partial charge in [-0.2, -0.15) is 4.73 Å². The molecular formula is C14H15ClN2O2S2. The van der Waals surface area contributed by atoms with Crippen LogP contribution in [0.15, 0.2) is 38.4 Å². The summed E-state index contributed by atoms with van der Waals surface area (Å²) in [5.41, 5.74) is -0.121. The van der Waals surface area contributed by atoms with Crippen molar-refractivity contribution in [1.29, 1.82) is 0 Å². The van der Waals surface area contributed by atoms with E-state index in [9.17, 15) is 10.0 Å². The van der Waals surface area contributed by atoms with Crippen molar-refractivity contribution in [2.24, 2.45) is 0 Å². The molecule has 3 rings (SSSR count). The third kappa shape index (κ3) is 3.12. The summed E-state index contributed by atoms with van der Waals surface area (Å²) < 4.78 is 3.28. The molecule has 0 radical (unpaired) electrons. The summed E-state index contributed by atoms with van der Waals surface area (Å²) in [6.07, 6.45) is 7.08. The molecule has 21 heavy (non-hydrogen) atoms. The number of hydrogen-bond donors (Lipinski definition) is 0. The highest BCUT2D eigenvalue weighted by atomic mass is 35.5. The lowest BCUT2D eigenvalue weighted by Crippen LogP contribution is -2.27. The van der Waals surface area contributed by atoms with Gasteiger partial charge in [-0.25, -0.2) is 0 Å². The Bertz CT molecular complexity index is 693. The maximum Gasteiger partial charge on any atom is 0.280 e. The Hall–Kier alpha value is -0.980. The van der Waals surface area contributed by atoms with Crippen molar-refractivity contribution in [3.63, 3.8) is 0 Å². The maximum absolute atomic E-state index is 12.3. The molecule has 0 amide bonds. The second-order valence-electron chi connectivity index (χ2n) is 5.08. The van der Waals surface area contributed by atoms with Crippen LogP contribution in [0, 0.1) is 5.21 Å². The standard InChI is InChI=1S/C14H15ClN2O2S2/c15-12-13(18)17(10-6-2-1-3-7-10)21-14(12)20-11-8-4-5-9-16(11)19/h4-5,8-10H,1-3,6-7H2. The van der Waals surface area contributed by atoms with Gasteiger partial charge in [0.05, 0.1) is 0 Å². The molecule has 7 heteroatoms. The minimum absolute atomic E-state index is 0.121. The zero-order chi connectivity index (χ0) is 14.8. The van der Waals surface area contributed by atoms with Crippen LogP contribution in [0.2, 0.25) is 5.02 Å². The van der Waals surface area contributed by atoms with Crippen molar-refractivity contribution in [2.45, 2.75) is 47.4 Å². The van der Waals surface area contributed by atoms with E-state index in [2.05, 4.69) is 0 Å². The summed E-state index contributed by atoms with van der Waals surface area (Å²) >= 11 is 8.82. The van der Waals surface area contributed by atoms with Gasteiger partial charge in [-0.05, 0) is 42.2 Å². The number of nitrogens with zero attached hydrogens (tertiary/aromatic N) is 2. The van der Waals surface area contributed by atoms with Crippen LogP contribution in [-0.4, -0.2) is 3.96 Å². The van der Waals surface area contributed by atoms with E-state index in [-0.39, 0.29) is 16.6 Å². The zero-order valence-corrected chi connectivity index (χ0v) is 13.7. The van der Waals surface area contributed by atoms with Gasteiger partial charge < -0.3 is 5.21 Å². The molecule has 0 unspecified atom stereocenters. The van der Waals surface area contributed by atoms with Gasteiger partial charge >= 0.3 is 0 Å². The lowest BCUT2D eigenvalue weighted by molar-refractivity contribution is -0.645. The summed E-state index contributed by atoms with van der Waals surface area (Å²) in [4.78, 5) is 12.3. The van der Waals surface area contributed by atoms with E-state index >= 15 is 0 Å². The predicted molar refractivity (Wildman–Crippen MR) is 85.2 cm³/mol. The van der Waals surface area contributed by atoms with Gasteiger partial charge in [-0.1, -0.05) is 30.9 Å². The molecule has 2 aromatic heterocycles. The summed E-state index contributed by atoms with van der Waals surface area (Å²) in [5, 5.41) is 12.5. The van der Waals surface area contributed by atoms with Crippen molar-refractivity contribution < 1.29 is 4.73 Å². The number of halogens is 1. The van der Waals surface area contributed by atoms with Crippen LogP contribution in [0.5, 0.6) is 0 Å². The maximum atomic E-state index is 12.3. The highest BCUT2D eigenvalue weighted by Crippen LogP contribution is 2.37. The molecule has 0 atom stereocenters. The van der Waals surface area contributed by atoms with Crippen molar-refractivity contribution in [2.75, 3.05) is 0 Å². The normalized spacial score (nSPS) is 16.2. The van der Waals surface area contributed by atoms with Crippen LogP contribution >= 0.6 is 34.9 Å². The molecule has 1 fully saturated rings. The zero-order valence-electron chi connectivity index (χ0n) is 11.3. The van der Waals surface area contributed by atoms with Gasteiger partial charge in [0, 0.05) is 18.2 Å². The molecule has 0 aromatic carbocycles. The predicted octanol–water partition coefficient (Wildman–Crippen LogP) is 3.85. The van der Waals surface area contributed by atoms with E-state index < -0.39 is 0 Å². The van der Waals surface area contributed by atoms with E-state index in [1.165, 1.54) is 35.9 Å². The molecule has 1 saturated carbocycles. The van der Waals surface area contributed by atoms with E-state index in [4.69, 9.17) is 11.6 Å². The minimum atomic E-state index is -0.121. The molecule has 0 N–H and O–H groups in total. The fourth-order valence-corrected chi connectivity index (χ4v) is 5.11. The average molecular weight is 343 g/mol. The highest BCUT2D eigenvalue weighted by molar-refractivity contribution is 8.01. The van der Waals surface area contributed by atoms with Crippen LogP contribution in [0.1, 0.15) is 38.1 Å². The Balaban J connectivity index is 1.90. The molecule has 1 aliphatic carbocycles. The van der Waals surface area contributed by atoms with Gasteiger partial charge in [0.25, 0.3) is 10.6 Å². The van der Waals surface area contributed by atoms with Gasteiger partial charge in [0.15, 0.2) is 6.20 Å². The fourth-order valence-electron chi connectivity index (χ4n) is 2.56. The first kappa shape index (κ1) is 14.9. The van der Waals surface area contributed by atoms with Crippen molar-refractivity contribution in [3.8, 4) is 0 Å². The lowest BCUT2D eigenvalue weighted by atomic mass is 9.96. The molecule has 0 aliphatic heterocycles. The Kier molecular flexibility index (Phi) is 4.57. The third-order valence-electron chi connectivity index (χ3n) is 3.64. The summed E-state index contributed by atoms with van der Waals surface area (Å²) in [6.45, 7) is 0. The van der Waals surface area contributed by atoms with E-state index in [1.807, 2.05) is 0 Å². The minimum Gasteiger partial charge on any atom is -0.618 e. The van der Waals surface area contributed by atoms with Gasteiger partial charge in [-0.15, -0.1) is 0 Å². The molecule has 0 spiro atoms. The van der Waals surface area contributed by atoms with E-state index in [0.29, 0.717) is 9.24 Å². The first-order valence-electron chi connectivity index (χ1n) is 6.94. The van der Waals surface area contributed by atoms with Gasteiger partial charge in [0.1, 0.15) is 9.23 Å². The van der Waals surface area contributed by atoms with Crippen LogP contribution in [-0.2, 0) is 0 Å². The Morgan fingerprint density at radius 2 is 2.10 bits per heavy atom. The number of hydrogen-bond acceptors (Lipinski definition) is 4. The first-order valence-corrected chi connectivity index (χ1v) is 8.91. The fraction of sp³-hybridized carbons (Fsp3) is 0.429. The Labute approximate surface area is 136 Å². The molecule has 2 aromatic rings. The first-order chi connectivity index (χ1) is 10.2. The summed E-state index contributed by atoms with van der Waals surface area (Å²) in [7, 11) is 0. The SMILES string of the molecule is O=c1c(Cl)c(Sc2cccc[n+]2[O-])sn1C1CCCCC1. The second kappa shape index (κ2) is 6.42. The number of aromatic nitrogens is 2. The van der Waals surface area contributed by atoms with Crippen LogP contribution in [0.4, 0.5) is 0 Å². The monoisotopic (exact) mass is 342 g/mol. The molecule has 1 aliphatic rings. The van der Waals surface area contributed by atoms with Gasteiger partial charge in [0.2, 0.25) is 0 Å². The molecule has 112 valence electrons. The van der Waals surface area contributed by atoms with Crippen molar-refractivity contribution in [3.05, 3.63) is 45.0 Å². The van der Waals surface area contributed by atoms with Crippen LogP contribution in [0.3, 0.4) is 0 Å². The third-order valence-corrected chi connectivity index (χ3v) is 6.63. The van der Waals surface area contributed by atoms with Gasteiger partial charge in [-0.3, -0.25) is 8.75 Å². The number of rotatable bonds is 3. The summed E-state index contributed by atoms with van der Waals surface area (Å²) in [6, 6.07) is 5.46. The Morgan fingerprint density at radius 3 is 2.81 bits per heavy atom. The average Bonchev–Trinajstić information content (AvgIpc) is 2.79. The second-order valence-corrected chi connectivity index (χ2v) is 7.73. The number of pyridine rings is 1. The van der Waals surface area contributed by atoms with Crippen molar-refractivity contribution in [1.82, 2.24) is 3.96 Å². The van der Waals surface area contributed by atoms with Crippen LogP contribution in [0.25, 0.3) is 0 Å². The molecular weight excluding hydrogens is 328 g/mol. The molecule has 0 bridgehead atoms. The summed E-state index contributed by atoms with van der Waals surface area (Å²) in [5.74, 6) is 0. The quantitative estimate of drug-likeness (QED) is 0.628. The van der Waals surface area contributed by atoms with Crippen LogP contribution < -0.4 is 10.3 Å². The van der Waals surface area contributed by atoms with E-state index in [0.717, 1.165) is 30.4 Å². The lowest BCUT2D eigenvalue weighted by Gasteiger charge is -2.21. The largest absolute Gasteiger partial charge is 0.618 e. The molecule has 4 nitrogen and oxygen atoms in total. The Morgan fingerprint density at radius 1 is 1.33 bits per heavy atom. The molecule has 2 heterocycles. The smallest absolute Gasteiger partial charge is 0.280 e. The topological polar surface area (TPSA) is 48.9 Å². The van der Waals surface area contributed by atoms with E-state index in [1.54, 1.807) is 22.2 Å².